The molecule has 0 saturated heterocycles. The van der Waals surface area contributed by atoms with Crippen molar-refractivity contribution >= 4 is 11.6 Å². The Kier molecular flexibility index (Phi) is 6.05. The van der Waals surface area contributed by atoms with Gasteiger partial charge in [-0.3, -0.25) is 0 Å². The van der Waals surface area contributed by atoms with E-state index in [0.717, 1.165) is 12.0 Å². The molecule has 0 aliphatic carbocycles. The normalized spacial score (nSPS) is 12.1. The number of aliphatic hydroxyl groups is 1. The number of methoxy groups -OCH3 is 1. The number of hydrogen-bond donors (Lipinski definition) is 2. The largest absolute Gasteiger partial charge is 0.495 e. The number of ether oxygens (including phenoxy) is 1. The first kappa shape index (κ1) is 15.8. The van der Waals surface area contributed by atoms with Gasteiger partial charge in [-0.15, -0.1) is 0 Å². The van der Waals surface area contributed by atoms with Gasteiger partial charge in [0.05, 0.1) is 18.7 Å². The van der Waals surface area contributed by atoms with Crippen molar-refractivity contribution in [2.75, 3.05) is 13.7 Å². The quantitative estimate of drug-likeness (QED) is 0.826. The molecule has 1 unspecified atom stereocenters. The third-order valence-electron chi connectivity index (χ3n) is 3.36. The van der Waals surface area contributed by atoms with Gasteiger partial charge in [-0.05, 0) is 29.7 Å². The summed E-state index contributed by atoms with van der Waals surface area (Å²) in [6, 6.07) is 15.9. The minimum absolute atomic E-state index is 0.0216. The number of hydrogen-bond acceptors (Lipinski definition) is 3. The number of benzene rings is 2. The van der Waals surface area contributed by atoms with E-state index >= 15 is 0 Å². The van der Waals surface area contributed by atoms with E-state index in [1.165, 1.54) is 5.56 Å². The second kappa shape index (κ2) is 8.03. The lowest BCUT2D eigenvalue weighted by Gasteiger charge is -2.17. The van der Waals surface area contributed by atoms with Crippen LogP contribution in [0.25, 0.3) is 0 Å². The number of rotatable bonds is 7. The summed E-state index contributed by atoms with van der Waals surface area (Å²) in [6.07, 6.45) is 0.793. The first-order valence-electron chi connectivity index (χ1n) is 6.93. The van der Waals surface area contributed by atoms with Crippen molar-refractivity contribution in [3.63, 3.8) is 0 Å². The second-order valence-corrected chi connectivity index (χ2v) is 5.33. The molecular formula is C17H20ClNO2. The van der Waals surface area contributed by atoms with Crippen LogP contribution in [0.4, 0.5) is 0 Å². The van der Waals surface area contributed by atoms with Crippen LogP contribution in [0.2, 0.25) is 5.02 Å². The molecule has 3 nitrogen and oxygen atoms in total. The molecule has 1 atom stereocenters. The van der Waals surface area contributed by atoms with E-state index in [1.54, 1.807) is 7.11 Å². The van der Waals surface area contributed by atoms with Crippen molar-refractivity contribution in [1.82, 2.24) is 5.32 Å². The Morgan fingerprint density at radius 2 is 1.90 bits per heavy atom. The van der Waals surface area contributed by atoms with Crippen LogP contribution in [0.3, 0.4) is 0 Å². The Labute approximate surface area is 130 Å². The minimum atomic E-state index is 0.0216. The first-order valence-corrected chi connectivity index (χ1v) is 7.31. The third-order valence-corrected chi connectivity index (χ3v) is 3.65. The minimum Gasteiger partial charge on any atom is -0.495 e. The fraction of sp³-hybridized carbons (Fsp3) is 0.294. The second-order valence-electron chi connectivity index (χ2n) is 4.92. The molecule has 4 heteroatoms. The van der Waals surface area contributed by atoms with Crippen LogP contribution in [-0.2, 0) is 13.0 Å². The predicted molar refractivity (Wildman–Crippen MR) is 85.9 cm³/mol. The fourth-order valence-electron chi connectivity index (χ4n) is 2.18. The summed E-state index contributed by atoms with van der Waals surface area (Å²) >= 11 is 6.11. The van der Waals surface area contributed by atoms with E-state index < -0.39 is 0 Å². The first-order chi connectivity index (χ1) is 10.2. The zero-order valence-electron chi connectivity index (χ0n) is 12.1. The Balaban J connectivity index is 1.92. The average Bonchev–Trinajstić information content (AvgIpc) is 2.52. The van der Waals surface area contributed by atoms with Gasteiger partial charge >= 0.3 is 0 Å². The van der Waals surface area contributed by atoms with Crippen LogP contribution in [0.5, 0.6) is 5.75 Å². The molecule has 0 aliphatic heterocycles. The van der Waals surface area contributed by atoms with E-state index in [0.29, 0.717) is 17.3 Å². The fourth-order valence-corrected chi connectivity index (χ4v) is 2.46. The highest BCUT2D eigenvalue weighted by molar-refractivity contribution is 6.32. The van der Waals surface area contributed by atoms with E-state index in [-0.39, 0.29) is 12.6 Å². The van der Waals surface area contributed by atoms with Gasteiger partial charge in [0.15, 0.2) is 0 Å². The lowest BCUT2D eigenvalue weighted by molar-refractivity contribution is 0.241. The lowest BCUT2D eigenvalue weighted by atomic mass is 10.1. The van der Waals surface area contributed by atoms with Crippen molar-refractivity contribution in [3.8, 4) is 5.75 Å². The van der Waals surface area contributed by atoms with Crippen LogP contribution in [0, 0.1) is 0 Å². The highest BCUT2D eigenvalue weighted by Crippen LogP contribution is 2.24. The van der Waals surface area contributed by atoms with Gasteiger partial charge in [-0.2, -0.15) is 0 Å². The standard InChI is InChI=1S/C17H20ClNO2/c1-21-17-8-7-14(10-16(17)18)11-19-15(12-20)9-13-5-3-2-4-6-13/h2-8,10,15,19-20H,9,11-12H2,1H3. The van der Waals surface area contributed by atoms with E-state index in [9.17, 15) is 5.11 Å². The molecule has 0 bridgehead atoms. The summed E-state index contributed by atoms with van der Waals surface area (Å²) in [4.78, 5) is 0. The highest BCUT2D eigenvalue weighted by atomic mass is 35.5. The van der Waals surface area contributed by atoms with Crippen molar-refractivity contribution in [2.24, 2.45) is 0 Å². The van der Waals surface area contributed by atoms with Crippen molar-refractivity contribution in [2.45, 2.75) is 19.0 Å². The third kappa shape index (κ3) is 4.74. The van der Waals surface area contributed by atoms with Gasteiger partial charge in [-0.25, -0.2) is 0 Å². The van der Waals surface area contributed by atoms with Crippen LogP contribution >= 0.6 is 11.6 Å². The highest BCUT2D eigenvalue weighted by Gasteiger charge is 2.09. The number of aliphatic hydroxyl groups excluding tert-OH is 1. The molecule has 2 rings (SSSR count). The molecule has 0 spiro atoms. The molecule has 0 aliphatic rings. The molecule has 2 aromatic rings. The van der Waals surface area contributed by atoms with E-state index in [4.69, 9.17) is 16.3 Å². The molecule has 0 aromatic heterocycles. The maximum absolute atomic E-state index is 9.49. The molecule has 0 radical (unpaired) electrons. The molecule has 0 heterocycles. The summed E-state index contributed by atoms with van der Waals surface area (Å²) in [5.41, 5.74) is 2.27. The van der Waals surface area contributed by atoms with Gasteiger partial charge in [0, 0.05) is 12.6 Å². The predicted octanol–water partition coefficient (Wildman–Crippen LogP) is 3.04. The van der Waals surface area contributed by atoms with Crippen LogP contribution in [0.15, 0.2) is 48.5 Å². The Morgan fingerprint density at radius 3 is 2.52 bits per heavy atom. The van der Waals surface area contributed by atoms with Crippen molar-refractivity contribution in [3.05, 3.63) is 64.7 Å². The van der Waals surface area contributed by atoms with E-state index in [1.807, 2.05) is 36.4 Å². The van der Waals surface area contributed by atoms with Crippen LogP contribution < -0.4 is 10.1 Å². The van der Waals surface area contributed by atoms with Crippen LogP contribution in [0.1, 0.15) is 11.1 Å². The van der Waals surface area contributed by atoms with Gasteiger partial charge in [0.1, 0.15) is 5.75 Å². The van der Waals surface area contributed by atoms with Gasteiger partial charge < -0.3 is 15.2 Å². The summed E-state index contributed by atoms with van der Waals surface area (Å²) in [7, 11) is 1.60. The monoisotopic (exact) mass is 305 g/mol. The van der Waals surface area contributed by atoms with Crippen molar-refractivity contribution < 1.29 is 9.84 Å². The zero-order chi connectivity index (χ0) is 15.1. The number of nitrogens with one attached hydrogen (secondary N) is 1. The zero-order valence-corrected chi connectivity index (χ0v) is 12.8. The molecule has 2 aromatic carbocycles. The van der Waals surface area contributed by atoms with Gasteiger partial charge in [-0.1, -0.05) is 48.0 Å². The Hall–Kier alpha value is -1.55. The molecule has 21 heavy (non-hydrogen) atoms. The molecule has 2 N–H and O–H groups in total. The maximum Gasteiger partial charge on any atom is 0.137 e. The Bertz CT molecular complexity index is 560. The molecule has 0 amide bonds. The summed E-state index contributed by atoms with van der Waals surface area (Å²) in [5.74, 6) is 0.670. The SMILES string of the molecule is COc1ccc(CNC(CO)Cc2ccccc2)cc1Cl. The maximum atomic E-state index is 9.49. The molecular weight excluding hydrogens is 286 g/mol. The molecule has 0 saturated carbocycles. The Morgan fingerprint density at radius 1 is 1.14 bits per heavy atom. The van der Waals surface area contributed by atoms with Crippen LogP contribution in [-0.4, -0.2) is 24.9 Å². The molecule has 112 valence electrons. The smallest absolute Gasteiger partial charge is 0.137 e. The lowest BCUT2D eigenvalue weighted by Crippen LogP contribution is -2.34. The average molecular weight is 306 g/mol. The summed E-state index contributed by atoms with van der Waals surface area (Å²) in [5, 5.41) is 13.4. The van der Waals surface area contributed by atoms with Gasteiger partial charge in [0.25, 0.3) is 0 Å². The summed E-state index contributed by atoms with van der Waals surface area (Å²) < 4.78 is 5.13. The molecule has 0 fully saturated rings. The van der Waals surface area contributed by atoms with Crippen molar-refractivity contribution in [1.29, 1.82) is 0 Å². The van der Waals surface area contributed by atoms with E-state index in [2.05, 4.69) is 17.4 Å². The summed E-state index contributed by atoms with van der Waals surface area (Å²) in [6.45, 7) is 0.751. The van der Waals surface area contributed by atoms with Gasteiger partial charge in [0.2, 0.25) is 0 Å². The number of halogens is 1. The topological polar surface area (TPSA) is 41.5 Å².